The zero-order valence-electron chi connectivity index (χ0n) is 19.0. The smallest absolute Gasteiger partial charge is 0.326 e. The highest BCUT2D eigenvalue weighted by atomic mass is 32.2. The number of rotatable bonds is 8. The second-order valence-corrected chi connectivity index (χ2v) is 10.1. The van der Waals surface area contributed by atoms with E-state index in [0.29, 0.717) is 23.4 Å². The maximum absolute atomic E-state index is 12.9. The van der Waals surface area contributed by atoms with E-state index >= 15 is 0 Å². The van der Waals surface area contributed by atoms with Gasteiger partial charge in [-0.1, -0.05) is 43.6 Å². The van der Waals surface area contributed by atoms with E-state index in [1.165, 1.54) is 0 Å². The van der Waals surface area contributed by atoms with Crippen molar-refractivity contribution in [2.24, 2.45) is 5.92 Å². The van der Waals surface area contributed by atoms with Gasteiger partial charge in [-0.15, -0.1) is 0 Å². The predicted octanol–water partition coefficient (Wildman–Crippen LogP) is 3.77. The molecule has 0 aliphatic heterocycles. The van der Waals surface area contributed by atoms with Crippen LogP contribution in [-0.4, -0.2) is 28.1 Å². The highest BCUT2D eigenvalue weighted by molar-refractivity contribution is 7.89. The van der Waals surface area contributed by atoms with E-state index in [-0.39, 0.29) is 22.4 Å². The van der Waals surface area contributed by atoms with Crippen molar-refractivity contribution in [3.05, 3.63) is 64.4 Å². The molecule has 0 saturated heterocycles. The second kappa shape index (κ2) is 8.95. The molecule has 0 aliphatic rings. The van der Waals surface area contributed by atoms with Crippen LogP contribution in [0.15, 0.2) is 56.7 Å². The minimum atomic E-state index is -3.78. The zero-order valence-corrected chi connectivity index (χ0v) is 19.8. The summed E-state index contributed by atoms with van der Waals surface area (Å²) in [5.74, 6) is 0.351. The fraction of sp³-hybridized carbons (Fsp3) is 0.348. The Morgan fingerprint density at radius 1 is 1.15 bits per heavy atom. The van der Waals surface area contributed by atoms with Crippen LogP contribution in [0.1, 0.15) is 44.7 Å². The number of imidazole rings is 1. The Kier molecular flexibility index (Phi) is 6.22. The first-order valence-electron chi connectivity index (χ1n) is 10.8. The van der Waals surface area contributed by atoms with Crippen molar-refractivity contribution in [1.82, 2.24) is 24.4 Å². The molecule has 2 aromatic heterocycles. The Labute approximate surface area is 191 Å². The fourth-order valence-electron chi connectivity index (χ4n) is 3.65. The van der Waals surface area contributed by atoms with Crippen molar-refractivity contribution in [2.45, 2.75) is 51.6 Å². The van der Waals surface area contributed by atoms with E-state index in [9.17, 15) is 13.2 Å². The Hall–Kier alpha value is -3.24. The number of H-pyrrole nitrogens is 1. The van der Waals surface area contributed by atoms with Crippen LogP contribution in [0.3, 0.4) is 0 Å². The van der Waals surface area contributed by atoms with Crippen LogP contribution in [0.2, 0.25) is 0 Å². The van der Waals surface area contributed by atoms with Crippen LogP contribution in [0.5, 0.6) is 0 Å². The molecule has 10 heteroatoms. The molecule has 0 unspecified atom stereocenters. The van der Waals surface area contributed by atoms with Crippen molar-refractivity contribution in [1.29, 1.82) is 0 Å². The van der Waals surface area contributed by atoms with E-state index in [4.69, 9.17) is 4.52 Å². The molecule has 2 aromatic carbocycles. The van der Waals surface area contributed by atoms with Gasteiger partial charge in [-0.3, -0.25) is 4.57 Å². The molecule has 33 heavy (non-hydrogen) atoms. The third-order valence-electron chi connectivity index (χ3n) is 5.47. The molecule has 1 atom stereocenters. The minimum Gasteiger partial charge on any atom is -0.337 e. The van der Waals surface area contributed by atoms with Crippen molar-refractivity contribution < 1.29 is 12.9 Å². The number of aryl methyl sites for hydroxylation is 2. The van der Waals surface area contributed by atoms with Crippen molar-refractivity contribution in [3.8, 4) is 11.4 Å². The monoisotopic (exact) mass is 469 g/mol. The van der Waals surface area contributed by atoms with Crippen molar-refractivity contribution in [3.63, 3.8) is 0 Å². The summed E-state index contributed by atoms with van der Waals surface area (Å²) in [6, 6.07) is 11.4. The minimum absolute atomic E-state index is 0.138. The normalized spacial score (nSPS) is 13.1. The van der Waals surface area contributed by atoms with Gasteiger partial charge >= 0.3 is 5.69 Å². The lowest BCUT2D eigenvalue weighted by Crippen LogP contribution is -2.32. The van der Waals surface area contributed by atoms with Crippen molar-refractivity contribution >= 4 is 21.1 Å². The number of benzene rings is 2. The average Bonchev–Trinajstić information content (AvgIpc) is 3.37. The van der Waals surface area contributed by atoms with Crippen LogP contribution in [-0.2, 0) is 16.6 Å². The lowest BCUT2D eigenvalue weighted by Gasteiger charge is -2.18. The molecule has 2 N–H and O–H groups in total. The molecule has 0 aliphatic carbocycles. The number of aromatic amines is 1. The molecule has 0 radical (unpaired) electrons. The van der Waals surface area contributed by atoms with Gasteiger partial charge in [0.1, 0.15) is 6.04 Å². The van der Waals surface area contributed by atoms with Gasteiger partial charge in [-0.05, 0) is 49.6 Å². The van der Waals surface area contributed by atoms with Crippen LogP contribution in [0.4, 0.5) is 0 Å². The summed E-state index contributed by atoms with van der Waals surface area (Å²) in [5.41, 5.74) is 2.95. The largest absolute Gasteiger partial charge is 0.337 e. The van der Waals surface area contributed by atoms with E-state index < -0.39 is 16.1 Å². The zero-order chi connectivity index (χ0) is 23.8. The van der Waals surface area contributed by atoms with Gasteiger partial charge in [0, 0.05) is 12.1 Å². The highest BCUT2D eigenvalue weighted by Gasteiger charge is 2.29. The number of hydrogen-bond acceptors (Lipinski definition) is 6. The van der Waals surface area contributed by atoms with Crippen LogP contribution >= 0.6 is 0 Å². The molecule has 0 bridgehead atoms. The number of sulfonamides is 1. The summed E-state index contributed by atoms with van der Waals surface area (Å²) in [4.78, 5) is 19.7. The van der Waals surface area contributed by atoms with Gasteiger partial charge in [0.2, 0.25) is 21.7 Å². The summed E-state index contributed by atoms with van der Waals surface area (Å²) in [6.07, 6.45) is 0.845. The van der Waals surface area contributed by atoms with Crippen LogP contribution < -0.4 is 10.4 Å². The Morgan fingerprint density at radius 3 is 2.55 bits per heavy atom. The van der Waals surface area contributed by atoms with Gasteiger partial charge in [0.25, 0.3) is 0 Å². The standard InChI is InChI=1S/C23H27N5O4S/c1-5-12-28-19-11-8-16(13-18(19)24-23(28)29)21-25-22(32-26-21)20(14(2)3)27-33(30,31)17-9-6-15(4)7-10-17/h6-11,13-14,20,27H,5,12H2,1-4H3,(H,24,29)/t20-/m1/s1. The molecule has 4 rings (SSSR count). The quantitative estimate of drug-likeness (QED) is 0.405. The molecule has 2 heterocycles. The number of fused-ring (bicyclic) bond motifs is 1. The van der Waals surface area contributed by atoms with E-state index in [1.807, 2.05) is 39.8 Å². The average molecular weight is 470 g/mol. The van der Waals surface area contributed by atoms with Gasteiger partial charge < -0.3 is 9.51 Å². The first-order chi connectivity index (χ1) is 15.7. The molecule has 0 spiro atoms. The first-order valence-corrected chi connectivity index (χ1v) is 12.3. The lowest BCUT2D eigenvalue weighted by molar-refractivity contribution is 0.311. The third kappa shape index (κ3) is 4.62. The molecular formula is C23H27N5O4S. The molecule has 174 valence electrons. The first kappa shape index (κ1) is 22.9. The molecule has 9 nitrogen and oxygen atoms in total. The van der Waals surface area contributed by atoms with Crippen molar-refractivity contribution in [2.75, 3.05) is 0 Å². The molecule has 0 saturated carbocycles. The summed E-state index contributed by atoms with van der Waals surface area (Å²) in [7, 11) is -3.78. The van der Waals surface area contributed by atoms with Gasteiger partial charge in [0.15, 0.2) is 0 Å². The lowest BCUT2D eigenvalue weighted by atomic mass is 10.1. The molecule has 0 fully saturated rings. The summed E-state index contributed by atoms with van der Waals surface area (Å²) in [5, 5.41) is 4.06. The summed E-state index contributed by atoms with van der Waals surface area (Å²) < 4.78 is 35.6. The Morgan fingerprint density at radius 2 is 1.88 bits per heavy atom. The van der Waals surface area contributed by atoms with Gasteiger partial charge in [-0.2, -0.15) is 9.71 Å². The summed E-state index contributed by atoms with van der Waals surface area (Å²) >= 11 is 0. The Balaban J connectivity index is 1.64. The third-order valence-corrected chi connectivity index (χ3v) is 6.92. The molecule has 4 aromatic rings. The topological polar surface area (TPSA) is 123 Å². The van der Waals surface area contributed by atoms with E-state index in [2.05, 4.69) is 19.8 Å². The van der Waals surface area contributed by atoms with Gasteiger partial charge in [-0.25, -0.2) is 13.2 Å². The molecule has 0 amide bonds. The van der Waals surface area contributed by atoms with Crippen LogP contribution in [0.25, 0.3) is 22.4 Å². The SMILES string of the molecule is CCCn1c(=O)[nH]c2cc(-c3noc([C@H](NS(=O)(=O)c4ccc(C)cc4)C(C)C)n3)ccc21. The summed E-state index contributed by atoms with van der Waals surface area (Å²) in [6.45, 7) is 8.28. The molecular weight excluding hydrogens is 442 g/mol. The predicted molar refractivity (Wildman–Crippen MR) is 125 cm³/mol. The van der Waals surface area contributed by atoms with Crippen LogP contribution in [0, 0.1) is 12.8 Å². The highest BCUT2D eigenvalue weighted by Crippen LogP contribution is 2.27. The maximum Gasteiger partial charge on any atom is 0.326 e. The van der Waals surface area contributed by atoms with Gasteiger partial charge in [0.05, 0.1) is 15.9 Å². The number of hydrogen-bond donors (Lipinski definition) is 2. The maximum atomic E-state index is 12.9. The number of nitrogens with one attached hydrogen (secondary N) is 2. The van der Waals surface area contributed by atoms with E-state index in [0.717, 1.165) is 17.5 Å². The second-order valence-electron chi connectivity index (χ2n) is 8.43. The fourth-order valence-corrected chi connectivity index (χ4v) is 4.99. The Bertz CT molecular complexity index is 1430. The number of aromatic nitrogens is 4. The van der Waals surface area contributed by atoms with E-state index in [1.54, 1.807) is 34.9 Å². The number of nitrogens with zero attached hydrogens (tertiary/aromatic N) is 3.